The minimum absolute atomic E-state index is 0.198. The zero-order chi connectivity index (χ0) is 31.8. The van der Waals surface area contributed by atoms with Crippen LogP contribution in [0.3, 0.4) is 0 Å². The van der Waals surface area contributed by atoms with Crippen LogP contribution in [0.25, 0.3) is 0 Å². The van der Waals surface area contributed by atoms with Crippen LogP contribution in [0.1, 0.15) is 174 Å². The second kappa shape index (κ2) is 23.5. The van der Waals surface area contributed by atoms with Crippen molar-refractivity contribution in [3.8, 4) is 35.3 Å². The molecule has 0 atom stereocenters. The largest absolute Gasteiger partial charge is 0.492 e. The highest BCUT2D eigenvalue weighted by molar-refractivity contribution is 6.87. The second-order valence-electron chi connectivity index (χ2n) is 14.2. The van der Waals surface area contributed by atoms with Gasteiger partial charge in [0.1, 0.15) is 19.6 Å². The molecule has 43 heavy (non-hydrogen) atoms. The van der Waals surface area contributed by atoms with Gasteiger partial charge in [0, 0.05) is 6.07 Å². The van der Waals surface area contributed by atoms with Gasteiger partial charge < -0.3 is 9.47 Å². The lowest BCUT2D eigenvalue weighted by Crippen LogP contribution is -2.35. The van der Waals surface area contributed by atoms with E-state index >= 15 is 0 Å². The molecule has 2 nitrogen and oxygen atoms in total. The molecular weight excluding hydrogens is 541 g/mol. The van der Waals surface area contributed by atoms with Crippen molar-refractivity contribution in [2.45, 2.75) is 181 Å². The van der Waals surface area contributed by atoms with Crippen LogP contribution in [-0.2, 0) is 0 Å². The lowest BCUT2D eigenvalue weighted by molar-refractivity contribution is 0.288. The number of ether oxygens (including phenoxy) is 2. The topological polar surface area (TPSA) is 18.5 Å². The minimum Gasteiger partial charge on any atom is -0.492 e. The normalized spacial score (nSPS) is 11.6. The fraction of sp³-hybridized carbons (Fsp3) is 0.750. The molecule has 0 radical (unpaired) electrons. The van der Waals surface area contributed by atoms with Crippen molar-refractivity contribution in [3.63, 3.8) is 0 Å². The van der Waals surface area contributed by atoms with Crippen LogP contribution in [0.2, 0.25) is 18.1 Å². The smallest absolute Gasteiger partial charge is 0.138 e. The predicted molar refractivity (Wildman–Crippen MR) is 193 cm³/mol. The Morgan fingerprint density at radius 3 is 1.33 bits per heavy atom. The molecule has 0 spiro atoms. The summed E-state index contributed by atoms with van der Waals surface area (Å²) in [4.78, 5) is 0. The van der Waals surface area contributed by atoms with Crippen molar-refractivity contribution in [2.75, 3.05) is 13.2 Å². The van der Waals surface area contributed by atoms with Gasteiger partial charge in [-0.05, 0) is 23.9 Å². The molecule has 0 aliphatic rings. The van der Waals surface area contributed by atoms with Gasteiger partial charge in [0.25, 0.3) is 0 Å². The quantitative estimate of drug-likeness (QED) is 0.0660. The van der Waals surface area contributed by atoms with E-state index in [1.807, 2.05) is 12.1 Å². The molecule has 0 unspecified atom stereocenters. The number of unbranched alkanes of at least 4 members (excludes halogenated alkanes) is 18. The standard InChI is InChI=1S/C40H68O2Si/c1-9-12-14-16-18-20-22-24-26-28-31-41-38-35-39(42-32-29-27-25-23-21-19-17-15-13-10-2)37(34-36(38)11-3)30-33-43(7,8)40(4,5)6/h3,34-35H,9-10,12-29,31-32H2,1-2,4-8H3. The molecule has 1 aromatic rings. The first kappa shape index (κ1) is 39.2. The highest BCUT2D eigenvalue weighted by atomic mass is 28.3. The van der Waals surface area contributed by atoms with E-state index in [1.165, 1.54) is 116 Å². The summed E-state index contributed by atoms with van der Waals surface area (Å²) in [5, 5.41) is 0.198. The van der Waals surface area contributed by atoms with Crippen LogP contribution >= 0.6 is 0 Å². The molecule has 244 valence electrons. The molecular formula is C40H68O2Si. The van der Waals surface area contributed by atoms with E-state index in [2.05, 4.69) is 65.1 Å². The van der Waals surface area contributed by atoms with Crippen LogP contribution in [0.5, 0.6) is 11.5 Å². The molecule has 0 aliphatic heterocycles. The van der Waals surface area contributed by atoms with Crippen molar-refractivity contribution < 1.29 is 9.47 Å². The predicted octanol–water partition coefficient (Wildman–Crippen LogP) is 12.7. The SMILES string of the molecule is C#Cc1cc(C#C[Si](C)(C)C(C)(C)C)c(OCCCCCCCCCCCC)cc1OCCCCCCCCCCCC. The van der Waals surface area contributed by atoms with E-state index in [0.29, 0.717) is 13.2 Å². The first-order valence-corrected chi connectivity index (χ1v) is 21.1. The summed E-state index contributed by atoms with van der Waals surface area (Å²) >= 11 is 0. The highest BCUT2D eigenvalue weighted by Gasteiger charge is 2.33. The van der Waals surface area contributed by atoms with Gasteiger partial charge in [0.05, 0.1) is 24.3 Å². The van der Waals surface area contributed by atoms with Crippen molar-refractivity contribution in [1.29, 1.82) is 0 Å². The zero-order valence-corrected chi connectivity index (χ0v) is 30.6. The van der Waals surface area contributed by atoms with Gasteiger partial charge in [0.2, 0.25) is 0 Å². The average molecular weight is 609 g/mol. The Balaban J connectivity index is 2.71. The third kappa shape index (κ3) is 17.9. The van der Waals surface area contributed by atoms with E-state index in [1.54, 1.807) is 0 Å². The Kier molecular flexibility index (Phi) is 21.4. The summed E-state index contributed by atoms with van der Waals surface area (Å²) in [6, 6.07) is 4.03. The number of hydrogen-bond acceptors (Lipinski definition) is 2. The maximum absolute atomic E-state index is 6.37. The molecule has 0 fully saturated rings. The summed E-state index contributed by atoms with van der Waals surface area (Å²) in [7, 11) is -1.77. The monoisotopic (exact) mass is 608 g/mol. The fourth-order valence-electron chi connectivity index (χ4n) is 4.96. The third-order valence-corrected chi connectivity index (χ3v) is 13.6. The molecule has 1 aromatic carbocycles. The van der Waals surface area contributed by atoms with E-state index in [4.69, 9.17) is 15.9 Å². The van der Waals surface area contributed by atoms with Crippen LogP contribution < -0.4 is 9.47 Å². The molecule has 0 aromatic heterocycles. The Morgan fingerprint density at radius 2 is 0.953 bits per heavy atom. The van der Waals surface area contributed by atoms with Crippen molar-refractivity contribution >= 4 is 8.07 Å². The maximum Gasteiger partial charge on any atom is 0.138 e. The fourth-order valence-corrected chi connectivity index (χ4v) is 5.79. The first-order chi connectivity index (χ1) is 20.7. The molecule has 0 heterocycles. The van der Waals surface area contributed by atoms with Gasteiger partial charge in [-0.1, -0.05) is 175 Å². The highest BCUT2D eigenvalue weighted by Crippen LogP contribution is 2.36. The van der Waals surface area contributed by atoms with Crippen LogP contribution in [0, 0.1) is 23.8 Å². The van der Waals surface area contributed by atoms with Gasteiger partial charge >= 0.3 is 0 Å². The molecule has 0 N–H and O–H groups in total. The maximum atomic E-state index is 6.37. The van der Waals surface area contributed by atoms with Crippen molar-refractivity contribution in [3.05, 3.63) is 23.3 Å². The summed E-state index contributed by atoms with van der Waals surface area (Å²) < 4.78 is 12.6. The van der Waals surface area contributed by atoms with Crippen molar-refractivity contribution in [1.82, 2.24) is 0 Å². The molecule has 0 aliphatic carbocycles. The molecule has 0 bridgehead atoms. The lowest BCUT2D eigenvalue weighted by Gasteiger charge is -2.31. The average Bonchev–Trinajstić information content (AvgIpc) is 2.97. The van der Waals surface area contributed by atoms with Crippen LogP contribution in [0.4, 0.5) is 0 Å². The van der Waals surface area contributed by atoms with Gasteiger partial charge in [0.15, 0.2) is 0 Å². The van der Waals surface area contributed by atoms with Crippen LogP contribution in [0.15, 0.2) is 12.1 Å². The first-order valence-electron chi connectivity index (χ1n) is 18.1. The molecule has 1 rings (SSSR count). The Morgan fingerprint density at radius 1 is 0.581 bits per heavy atom. The van der Waals surface area contributed by atoms with Gasteiger partial charge in [-0.25, -0.2) is 0 Å². The number of rotatable bonds is 24. The third-order valence-electron chi connectivity index (χ3n) is 9.13. The summed E-state index contributed by atoms with van der Waals surface area (Å²) in [5.74, 6) is 7.93. The summed E-state index contributed by atoms with van der Waals surface area (Å²) in [6.45, 7) is 17.5. The van der Waals surface area contributed by atoms with E-state index < -0.39 is 8.07 Å². The van der Waals surface area contributed by atoms with E-state index in [9.17, 15) is 0 Å². The number of hydrogen-bond donors (Lipinski definition) is 0. The van der Waals surface area contributed by atoms with Gasteiger partial charge in [-0.15, -0.1) is 12.0 Å². The molecule has 0 saturated carbocycles. The van der Waals surface area contributed by atoms with E-state index in [0.717, 1.165) is 35.5 Å². The Hall–Kier alpha value is -1.84. The Bertz CT molecular complexity index is 954. The van der Waals surface area contributed by atoms with Gasteiger partial charge in [-0.3, -0.25) is 0 Å². The number of benzene rings is 1. The van der Waals surface area contributed by atoms with Crippen molar-refractivity contribution in [2.24, 2.45) is 0 Å². The molecule has 0 amide bonds. The van der Waals surface area contributed by atoms with E-state index in [-0.39, 0.29) is 5.04 Å². The zero-order valence-electron chi connectivity index (χ0n) is 29.6. The molecule has 3 heteroatoms. The molecule has 0 saturated heterocycles. The minimum atomic E-state index is -1.77. The number of terminal acetylenes is 1. The van der Waals surface area contributed by atoms with Gasteiger partial charge in [-0.2, -0.15) is 0 Å². The summed E-state index contributed by atoms with van der Waals surface area (Å²) in [5.41, 5.74) is 5.33. The Labute approximate surface area is 269 Å². The van der Waals surface area contributed by atoms with Crippen LogP contribution in [-0.4, -0.2) is 21.3 Å². The second-order valence-corrected chi connectivity index (χ2v) is 19.2. The lowest BCUT2D eigenvalue weighted by atomic mass is 10.1. The summed E-state index contributed by atoms with van der Waals surface area (Å²) in [6.07, 6.45) is 32.2.